The van der Waals surface area contributed by atoms with Gasteiger partial charge in [-0.05, 0) is 45.1 Å². The molecule has 2 saturated heterocycles. The lowest BCUT2D eigenvalue weighted by Gasteiger charge is -2.37. The van der Waals surface area contributed by atoms with Crippen molar-refractivity contribution in [1.29, 1.82) is 0 Å². The molecule has 1 unspecified atom stereocenters. The predicted molar refractivity (Wildman–Crippen MR) is 93.3 cm³/mol. The molecule has 1 atom stereocenters. The number of likely N-dealkylation sites (tertiary alicyclic amines) is 2. The number of carbonyl (C=O) groups is 1. The molecule has 2 aliphatic rings. The van der Waals surface area contributed by atoms with Gasteiger partial charge in [0.1, 0.15) is 5.69 Å². The molecule has 27 heavy (non-hydrogen) atoms. The summed E-state index contributed by atoms with van der Waals surface area (Å²) in [7, 11) is 0. The third-order valence-electron chi connectivity index (χ3n) is 5.55. The number of carbonyl (C=O) groups excluding carboxylic acids is 1. The monoisotopic (exact) mass is 388 g/mol. The molecule has 0 bridgehead atoms. The second kappa shape index (κ2) is 8.50. The van der Waals surface area contributed by atoms with Gasteiger partial charge in [0.25, 0.3) is 0 Å². The highest BCUT2D eigenvalue weighted by atomic mass is 19.4. The molecule has 3 rings (SSSR count). The third kappa shape index (κ3) is 4.75. The first-order valence-electron chi connectivity index (χ1n) is 9.66. The number of nitrogens with zero attached hydrogens (tertiary/aromatic N) is 4. The largest absolute Gasteiger partial charge is 0.450 e. The van der Waals surface area contributed by atoms with Crippen LogP contribution in [0.5, 0.6) is 0 Å². The first kappa shape index (κ1) is 20.0. The van der Waals surface area contributed by atoms with Gasteiger partial charge in [-0.15, -0.1) is 0 Å². The van der Waals surface area contributed by atoms with E-state index in [1.54, 1.807) is 11.8 Å². The Bertz CT molecular complexity index is 626. The van der Waals surface area contributed by atoms with Crippen molar-refractivity contribution in [1.82, 2.24) is 19.6 Å². The van der Waals surface area contributed by atoms with Gasteiger partial charge in [0.05, 0.1) is 12.6 Å². The van der Waals surface area contributed by atoms with Gasteiger partial charge in [-0.25, -0.2) is 4.79 Å². The second-order valence-electron chi connectivity index (χ2n) is 7.20. The third-order valence-corrected chi connectivity index (χ3v) is 5.55. The molecule has 1 aromatic rings. The topological polar surface area (TPSA) is 50.6 Å². The number of ether oxygens (including phenoxy) is 1. The van der Waals surface area contributed by atoms with E-state index in [2.05, 4.69) is 10.00 Å². The highest BCUT2D eigenvalue weighted by molar-refractivity contribution is 5.67. The number of alkyl halides is 3. The minimum atomic E-state index is -4.37. The van der Waals surface area contributed by atoms with Crippen LogP contribution in [0.15, 0.2) is 12.3 Å². The van der Waals surface area contributed by atoms with Gasteiger partial charge in [-0.3, -0.25) is 4.68 Å². The molecule has 152 valence electrons. The van der Waals surface area contributed by atoms with Gasteiger partial charge in [-0.2, -0.15) is 18.3 Å². The predicted octanol–water partition coefficient (Wildman–Crippen LogP) is 3.55. The highest BCUT2D eigenvalue weighted by Gasteiger charge is 2.37. The molecule has 1 aromatic heterocycles. The summed E-state index contributed by atoms with van der Waals surface area (Å²) in [4.78, 5) is 16.0. The van der Waals surface area contributed by atoms with Crippen LogP contribution in [0, 0.1) is 0 Å². The highest BCUT2D eigenvalue weighted by Crippen LogP contribution is 2.34. The van der Waals surface area contributed by atoms with Crippen molar-refractivity contribution in [3.63, 3.8) is 0 Å². The molecule has 0 N–H and O–H groups in total. The number of amides is 1. The molecule has 2 fully saturated rings. The second-order valence-corrected chi connectivity index (χ2v) is 7.20. The molecule has 2 aliphatic heterocycles. The Hall–Kier alpha value is -1.77. The van der Waals surface area contributed by atoms with Gasteiger partial charge in [0.2, 0.25) is 0 Å². The van der Waals surface area contributed by atoms with Crippen LogP contribution in [0.3, 0.4) is 0 Å². The van der Waals surface area contributed by atoms with Crippen LogP contribution in [0.2, 0.25) is 0 Å². The Morgan fingerprint density at radius 3 is 2.52 bits per heavy atom. The number of rotatable bonds is 3. The van der Waals surface area contributed by atoms with Gasteiger partial charge in [0, 0.05) is 38.4 Å². The summed E-state index contributed by atoms with van der Waals surface area (Å²) in [6, 6.07) is 1.20. The normalized spacial score (nSPS) is 23.3. The molecule has 1 amide bonds. The molecular formula is C18H27F3N4O2. The average Bonchev–Trinajstić information content (AvgIpc) is 3.01. The number of hydrogen-bond donors (Lipinski definition) is 0. The zero-order valence-corrected chi connectivity index (χ0v) is 15.6. The van der Waals surface area contributed by atoms with Crippen LogP contribution in [-0.4, -0.2) is 64.5 Å². The quantitative estimate of drug-likeness (QED) is 0.795. The maximum atomic E-state index is 13.1. The minimum absolute atomic E-state index is 0.213. The van der Waals surface area contributed by atoms with E-state index in [1.165, 1.54) is 6.20 Å². The minimum Gasteiger partial charge on any atom is -0.450 e. The fourth-order valence-electron chi connectivity index (χ4n) is 4.17. The molecule has 0 aromatic carbocycles. The van der Waals surface area contributed by atoms with Crippen molar-refractivity contribution in [3.8, 4) is 0 Å². The number of hydrogen-bond acceptors (Lipinski definition) is 4. The molecule has 0 radical (unpaired) electrons. The molecule has 0 aliphatic carbocycles. The molecular weight excluding hydrogens is 361 g/mol. The van der Waals surface area contributed by atoms with E-state index >= 15 is 0 Å². The van der Waals surface area contributed by atoms with Crippen molar-refractivity contribution < 1.29 is 22.7 Å². The fourth-order valence-corrected chi connectivity index (χ4v) is 4.17. The Morgan fingerprint density at radius 2 is 1.85 bits per heavy atom. The van der Waals surface area contributed by atoms with E-state index in [0.717, 1.165) is 43.1 Å². The fraction of sp³-hybridized carbons (Fsp3) is 0.778. The zero-order chi connectivity index (χ0) is 19.4. The van der Waals surface area contributed by atoms with E-state index < -0.39 is 11.9 Å². The number of halogens is 3. The Labute approximate surface area is 157 Å². The van der Waals surface area contributed by atoms with E-state index in [4.69, 9.17) is 4.74 Å². The van der Waals surface area contributed by atoms with Crippen LogP contribution in [0.1, 0.15) is 50.8 Å². The van der Waals surface area contributed by atoms with Crippen molar-refractivity contribution >= 4 is 6.09 Å². The summed E-state index contributed by atoms with van der Waals surface area (Å²) in [6.45, 7) is 5.05. The molecule has 9 heteroatoms. The average molecular weight is 388 g/mol. The molecule has 6 nitrogen and oxygen atoms in total. The van der Waals surface area contributed by atoms with Gasteiger partial charge < -0.3 is 14.5 Å². The van der Waals surface area contributed by atoms with E-state index in [9.17, 15) is 18.0 Å². The van der Waals surface area contributed by atoms with Crippen LogP contribution in [-0.2, 0) is 10.9 Å². The lowest BCUT2D eigenvalue weighted by Crippen LogP contribution is -2.43. The van der Waals surface area contributed by atoms with E-state index in [1.807, 2.05) is 0 Å². The standard InChI is InChI=1S/C18H27F3N4O2/c1-2-27-17(26)24-10-3-4-14(6-13-24)23-11-7-15(8-12-23)25-16(5-9-22-25)18(19,20)21/h5,9,14-15H,2-4,6-8,10-13H2,1H3. The lowest BCUT2D eigenvalue weighted by atomic mass is 10.00. The van der Waals surface area contributed by atoms with Crippen LogP contribution in [0.25, 0.3) is 0 Å². The number of piperidine rings is 1. The van der Waals surface area contributed by atoms with Gasteiger partial charge in [0.15, 0.2) is 0 Å². The lowest BCUT2D eigenvalue weighted by molar-refractivity contribution is -0.145. The molecule has 0 spiro atoms. The van der Waals surface area contributed by atoms with Crippen molar-refractivity contribution in [2.24, 2.45) is 0 Å². The summed E-state index contributed by atoms with van der Waals surface area (Å²) >= 11 is 0. The SMILES string of the molecule is CCOC(=O)N1CCCC(N2CCC(n3nccc3C(F)(F)F)CC2)CC1. The van der Waals surface area contributed by atoms with Crippen molar-refractivity contribution in [3.05, 3.63) is 18.0 Å². The molecule has 3 heterocycles. The smallest absolute Gasteiger partial charge is 0.433 e. The summed E-state index contributed by atoms with van der Waals surface area (Å²) < 4.78 is 45.5. The summed E-state index contributed by atoms with van der Waals surface area (Å²) in [5.74, 6) is 0. The molecule has 0 saturated carbocycles. The summed E-state index contributed by atoms with van der Waals surface area (Å²) in [5, 5.41) is 3.93. The Kier molecular flexibility index (Phi) is 6.29. The van der Waals surface area contributed by atoms with E-state index in [-0.39, 0.29) is 12.1 Å². The van der Waals surface area contributed by atoms with Crippen LogP contribution >= 0.6 is 0 Å². The van der Waals surface area contributed by atoms with Crippen molar-refractivity contribution in [2.45, 2.75) is 57.3 Å². The number of aromatic nitrogens is 2. The van der Waals surface area contributed by atoms with Gasteiger partial charge >= 0.3 is 12.3 Å². The maximum absolute atomic E-state index is 13.1. The Morgan fingerprint density at radius 1 is 1.15 bits per heavy atom. The summed E-state index contributed by atoms with van der Waals surface area (Å²) in [5.41, 5.74) is -0.666. The first-order chi connectivity index (χ1) is 12.9. The first-order valence-corrected chi connectivity index (χ1v) is 9.66. The van der Waals surface area contributed by atoms with Gasteiger partial charge in [-0.1, -0.05) is 0 Å². The summed E-state index contributed by atoms with van der Waals surface area (Å²) in [6.07, 6.45) is 0.702. The Balaban J connectivity index is 1.54. The van der Waals surface area contributed by atoms with Crippen LogP contribution in [0.4, 0.5) is 18.0 Å². The zero-order valence-electron chi connectivity index (χ0n) is 15.6. The maximum Gasteiger partial charge on any atom is 0.433 e. The van der Waals surface area contributed by atoms with Crippen molar-refractivity contribution in [2.75, 3.05) is 32.8 Å². The van der Waals surface area contributed by atoms with E-state index in [0.29, 0.717) is 38.6 Å². The van der Waals surface area contributed by atoms with Crippen LogP contribution < -0.4 is 0 Å².